The smallest absolute Gasteiger partial charge is 0.387 e. The number of nitrogens with zero attached hydrogens (tertiary/aromatic N) is 1. The van der Waals surface area contributed by atoms with E-state index in [9.17, 15) is 19.4 Å². The molecule has 9 heteroatoms. The molecule has 0 aliphatic heterocycles. The first-order chi connectivity index (χ1) is 36.0. The van der Waals surface area contributed by atoms with Crippen LogP contribution in [0.15, 0.2) is 134 Å². The van der Waals surface area contributed by atoms with Gasteiger partial charge in [-0.2, -0.15) is 0 Å². The first-order valence-electron chi connectivity index (χ1n) is 29.6. The van der Waals surface area contributed by atoms with Gasteiger partial charge in [-0.3, -0.25) is 13.8 Å². The number of unbranched alkanes of at least 4 members (excludes halogenated alkanes) is 19. The second-order valence-corrected chi connectivity index (χ2v) is 22.1. The number of rotatable bonds is 52. The zero-order valence-corrected chi connectivity index (χ0v) is 48.9. The fourth-order valence-corrected chi connectivity index (χ4v) is 8.49. The molecule has 0 radical (unpaired) electrons. The number of likely N-dealkylation sites (N-methyl/N-ethyl adjacent to an activating group) is 1. The van der Waals surface area contributed by atoms with Crippen molar-refractivity contribution in [2.24, 2.45) is 0 Å². The Morgan fingerprint density at radius 3 is 1.24 bits per heavy atom. The Morgan fingerprint density at radius 2 is 0.824 bits per heavy atom. The number of aliphatic hydroxyl groups is 1. The number of nitrogens with one attached hydrogen (secondary N) is 1. The van der Waals surface area contributed by atoms with Gasteiger partial charge in [-0.05, 0) is 103 Å². The first kappa shape index (κ1) is 70.6. The number of phosphoric ester groups is 1. The Morgan fingerprint density at radius 1 is 0.473 bits per heavy atom. The van der Waals surface area contributed by atoms with Crippen LogP contribution in [0, 0.1) is 0 Å². The standard InChI is InChI=1S/C65H111N2O6P/c1-6-8-10-12-14-16-18-20-22-24-26-27-28-29-30-31-32-33-34-35-36-37-38-39-41-43-45-47-49-51-53-55-57-59-65(69)66-63(62-73-74(70,71)72-61-60-67(3,4)5)64(68)58-56-54-52-50-48-46-44-42-40-25-23-21-19-17-15-13-11-9-7-2/h8,10,14,16,20,22,26-27,29-30,32-33,35-36,38-39,43,45,48,50,56,58,63-64,68H,6-7,9,11-13,15,17-19,21,23-25,28,31,34,37,40-42,44,46-47,49,51-55,57,59-62H2,1-5H3,(H-,66,69,70,71)/p+1/b10-8-,16-14-,22-20-,27-26-,30-29-,33-32-,36-35-,39-38-,45-43-,50-48+,58-56+. The van der Waals surface area contributed by atoms with Crippen LogP contribution in [0.1, 0.15) is 219 Å². The molecular weight excluding hydrogens is 936 g/mol. The molecule has 0 fully saturated rings. The van der Waals surface area contributed by atoms with Crippen LogP contribution in [0.25, 0.3) is 0 Å². The van der Waals surface area contributed by atoms with Gasteiger partial charge in [-0.25, -0.2) is 4.57 Å². The van der Waals surface area contributed by atoms with Gasteiger partial charge in [0.05, 0.1) is 39.9 Å². The largest absolute Gasteiger partial charge is 0.472 e. The Hall–Kier alpha value is -3.36. The molecule has 0 aromatic heterocycles. The van der Waals surface area contributed by atoms with Crippen LogP contribution < -0.4 is 5.32 Å². The van der Waals surface area contributed by atoms with Crippen LogP contribution in [-0.2, 0) is 18.4 Å². The van der Waals surface area contributed by atoms with Gasteiger partial charge in [-0.1, -0.05) is 244 Å². The van der Waals surface area contributed by atoms with Crippen molar-refractivity contribution < 1.29 is 32.9 Å². The number of hydrogen-bond donors (Lipinski definition) is 3. The predicted octanol–water partition coefficient (Wildman–Crippen LogP) is 18.3. The number of quaternary nitrogens is 1. The molecule has 0 aliphatic carbocycles. The highest BCUT2D eigenvalue weighted by Gasteiger charge is 2.27. The van der Waals surface area contributed by atoms with Crippen molar-refractivity contribution in [2.75, 3.05) is 40.9 Å². The molecule has 0 aromatic carbocycles. The second-order valence-electron chi connectivity index (χ2n) is 20.6. The number of allylic oxidation sites excluding steroid dienone is 21. The van der Waals surface area contributed by atoms with Crippen molar-refractivity contribution in [3.63, 3.8) is 0 Å². The fraction of sp³-hybridized carbons (Fsp3) is 0.646. The minimum Gasteiger partial charge on any atom is -0.387 e. The van der Waals surface area contributed by atoms with E-state index in [1.165, 1.54) is 83.5 Å². The number of amides is 1. The maximum atomic E-state index is 13.0. The van der Waals surface area contributed by atoms with Crippen LogP contribution in [0.3, 0.4) is 0 Å². The maximum Gasteiger partial charge on any atom is 0.472 e. The van der Waals surface area contributed by atoms with E-state index >= 15 is 0 Å². The molecule has 3 N–H and O–H groups in total. The summed E-state index contributed by atoms with van der Waals surface area (Å²) >= 11 is 0. The van der Waals surface area contributed by atoms with Gasteiger partial charge in [-0.15, -0.1) is 0 Å². The van der Waals surface area contributed by atoms with Gasteiger partial charge in [0.25, 0.3) is 0 Å². The van der Waals surface area contributed by atoms with E-state index in [1.54, 1.807) is 6.08 Å². The summed E-state index contributed by atoms with van der Waals surface area (Å²) in [5.41, 5.74) is 0. The van der Waals surface area contributed by atoms with Crippen molar-refractivity contribution >= 4 is 13.7 Å². The molecule has 0 rings (SSSR count). The average molecular weight is 1050 g/mol. The summed E-state index contributed by atoms with van der Waals surface area (Å²) in [5, 5.41) is 13.9. The molecule has 0 aliphatic rings. The van der Waals surface area contributed by atoms with Crippen molar-refractivity contribution in [2.45, 2.75) is 231 Å². The Kier molecular flexibility index (Phi) is 52.0. The summed E-state index contributed by atoms with van der Waals surface area (Å²) in [4.78, 5) is 23.3. The molecule has 3 atom stereocenters. The van der Waals surface area contributed by atoms with Gasteiger partial charge in [0.1, 0.15) is 13.2 Å². The number of carbonyl (C=O) groups is 1. The molecule has 8 nitrogen and oxygen atoms in total. The molecule has 74 heavy (non-hydrogen) atoms. The van der Waals surface area contributed by atoms with Crippen LogP contribution in [0.4, 0.5) is 0 Å². The molecule has 0 spiro atoms. The van der Waals surface area contributed by atoms with Gasteiger partial charge in [0, 0.05) is 6.42 Å². The van der Waals surface area contributed by atoms with Gasteiger partial charge in [0.15, 0.2) is 0 Å². The molecule has 0 heterocycles. The Labute approximate surface area is 456 Å². The van der Waals surface area contributed by atoms with E-state index in [2.05, 4.69) is 141 Å². The molecule has 0 bridgehead atoms. The minimum absolute atomic E-state index is 0.0447. The van der Waals surface area contributed by atoms with E-state index in [1.807, 2.05) is 27.2 Å². The van der Waals surface area contributed by atoms with E-state index < -0.39 is 20.0 Å². The van der Waals surface area contributed by atoms with Crippen molar-refractivity contribution in [3.05, 3.63) is 134 Å². The van der Waals surface area contributed by atoms with Crippen molar-refractivity contribution in [3.8, 4) is 0 Å². The lowest BCUT2D eigenvalue weighted by molar-refractivity contribution is -0.870. The van der Waals surface area contributed by atoms with Crippen LogP contribution in [0.2, 0.25) is 0 Å². The Balaban J connectivity index is 4.32. The number of aliphatic hydroxyl groups excluding tert-OH is 1. The van der Waals surface area contributed by atoms with E-state index in [0.29, 0.717) is 17.4 Å². The van der Waals surface area contributed by atoms with Gasteiger partial charge < -0.3 is 19.8 Å². The summed E-state index contributed by atoms with van der Waals surface area (Å²) in [6.07, 6.45) is 82.7. The lowest BCUT2D eigenvalue weighted by Crippen LogP contribution is -2.45. The van der Waals surface area contributed by atoms with Crippen molar-refractivity contribution in [1.82, 2.24) is 5.32 Å². The lowest BCUT2D eigenvalue weighted by atomic mass is 10.0. The summed E-state index contributed by atoms with van der Waals surface area (Å²) in [5.74, 6) is -0.211. The highest BCUT2D eigenvalue weighted by molar-refractivity contribution is 7.47. The molecule has 0 saturated heterocycles. The van der Waals surface area contributed by atoms with E-state index in [0.717, 1.165) is 116 Å². The topological polar surface area (TPSA) is 105 Å². The lowest BCUT2D eigenvalue weighted by Gasteiger charge is -2.25. The maximum absolute atomic E-state index is 13.0. The second kappa shape index (κ2) is 54.4. The number of hydrogen-bond acceptors (Lipinski definition) is 5. The Bertz CT molecular complexity index is 1660. The summed E-state index contributed by atoms with van der Waals surface area (Å²) in [6.45, 7) is 4.65. The monoisotopic (exact) mass is 1050 g/mol. The molecule has 0 saturated carbocycles. The predicted molar refractivity (Wildman–Crippen MR) is 322 cm³/mol. The summed E-state index contributed by atoms with van der Waals surface area (Å²) in [7, 11) is 1.52. The van der Waals surface area contributed by atoms with E-state index in [4.69, 9.17) is 9.05 Å². The molecule has 0 aromatic rings. The van der Waals surface area contributed by atoms with Gasteiger partial charge in [0.2, 0.25) is 5.91 Å². The van der Waals surface area contributed by atoms with Crippen LogP contribution in [0.5, 0.6) is 0 Å². The molecule has 3 unspecified atom stereocenters. The minimum atomic E-state index is -4.37. The average Bonchev–Trinajstić information content (AvgIpc) is 3.36. The number of phosphoric acid groups is 1. The zero-order valence-electron chi connectivity index (χ0n) is 48.0. The van der Waals surface area contributed by atoms with Crippen LogP contribution >= 0.6 is 7.82 Å². The number of carbonyl (C=O) groups excluding carboxylic acids is 1. The molecule has 422 valence electrons. The first-order valence-corrected chi connectivity index (χ1v) is 31.1. The highest BCUT2D eigenvalue weighted by Crippen LogP contribution is 2.43. The normalized spacial score (nSPS) is 14.9. The third-order valence-corrected chi connectivity index (χ3v) is 13.3. The molecule has 1 amide bonds. The summed E-state index contributed by atoms with van der Waals surface area (Å²) in [6, 6.07) is -0.885. The van der Waals surface area contributed by atoms with E-state index in [-0.39, 0.29) is 19.1 Å². The SMILES string of the molecule is CC/C=C\C/C=C\C/C=C\C/C=C\C/C=C\C/C=C\C/C=C\C/C=C\C/C=C\CCCCCCCC(=O)NC(COP(=O)(O)OCC[N+](C)(C)C)C(O)/C=C/CC/C=C/CCCCCCCCCCCCCCC. The highest BCUT2D eigenvalue weighted by atomic mass is 31.2. The zero-order chi connectivity index (χ0) is 54.2. The quantitative estimate of drug-likeness (QED) is 0.0243. The summed E-state index contributed by atoms with van der Waals surface area (Å²) < 4.78 is 23.7. The van der Waals surface area contributed by atoms with Crippen LogP contribution in [-0.4, -0.2) is 73.4 Å². The van der Waals surface area contributed by atoms with Gasteiger partial charge >= 0.3 is 7.82 Å². The third kappa shape index (κ3) is 56.4. The fourth-order valence-electron chi connectivity index (χ4n) is 7.76. The molecular formula is C65H112N2O6P+. The third-order valence-electron chi connectivity index (χ3n) is 12.4. The van der Waals surface area contributed by atoms with Crippen molar-refractivity contribution in [1.29, 1.82) is 0 Å².